The quantitative estimate of drug-likeness (QED) is 0.518. The van der Waals surface area contributed by atoms with Gasteiger partial charge in [0.15, 0.2) is 0 Å². The van der Waals surface area contributed by atoms with Crippen LogP contribution in [-0.4, -0.2) is 43.3 Å². The fraction of sp³-hybridized carbons (Fsp3) is 0.588. The first kappa shape index (κ1) is 17.7. The van der Waals surface area contributed by atoms with Gasteiger partial charge in [-0.3, -0.25) is 4.90 Å². The molecule has 0 radical (unpaired) electrons. The van der Waals surface area contributed by atoms with Gasteiger partial charge in [-0.1, -0.05) is 44.2 Å². The molecule has 0 fully saturated rings. The summed E-state index contributed by atoms with van der Waals surface area (Å²) in [5.74, 6) is -0.211. The number of rotatable bonds is 9. The van der Waals surface area contributed by atoms with Gasteiger partial charge in [0.1, 0.15) is 12.6 Å². The second kappa shape index (κ2) is 9.53. The number of hydrogen-bond donors (Lipinski definition) is 0. The molecule has 0 aliphatic carbocycles. The Hall–Kier alpha value is -1.39. The summed E-state index contributed by atoms with van der Waals surface area (Å²) in [6.45, 7) is 10.4. The summed E-state index contributed by atoms with van der Waals surface area (Å²) in [5, 5.41) is 0. The van der Waals surface area contributed by atoms with E-state index in [-0.39, 0.29) is 18.1 Å². The minimum atomic E-state index is -0.347. The Bertz CT molecular complexity index is 402. The maximum Gasteiger partial charge on any atom is 0.328 e. The lowest BCUT2D eigenvalue weighted by atomic mass is 10.1. The van der Waals surface area contributed by atoms with E-state index in [2.05, 4.69) is 18.7 Å². The lowest BCUT2D eigenvalue weighted by Crippen LogP contribution is -2.35. The van der Waals surface area contributed by atoms with Crippen LogP contribution < -0.4 is 0 Å². The summed E-state index contributed by atoms with van der Waals surface area (Å²) >= 11 is 0. The van der Waals surface area contributed by atoms with Crippen molar-refractivity contribution in [1.29, 1.82) is 0 Å². The minimum Gasteiger partial charge on any atom is -0.462 e. The standard InChI is InChI=1S/C17H27NO3/c1-5-18(6-2)16(15-10-8-7-9-11-15)17(19)21-13-12-20-14(3)4/h7-11,14,16H,5-6,12-13H2,1-4H3/t16-/m1/s1. The second-order valence-corrected chi connectivity index (χ2v) is 5.12. The Morgan fingerprint density at radius 1 is 1.10 bits per heavy atom. The Morgan fingerprint density at radius 3 is 2.24 bits per heavy atom. The summed E-state index contributed by atoms with van der Waals surface area (Å²) in [5.41, 5.74) is 0.968. The van der Waals surface area contributed by atoms with E-state index in [1.807, 2.05) is 44.2 Å². The van der Waals surface area contributed by atoms with Crippen LogP contribution in [0.25, 0.3) is 0 Å². The van der Waals surface area contributed by atoms with E-state index < -0.39 is 0 Å². The van der Waals surface area contributed by atoms with Crippen molar-refractivity contribution in [1.82, 2.24) is 4.90 Å². The number of nitrogens with zero attached hydrogens (tertiary/aromatic N) is 1. The van der Waals surface area contributed by atoms with Gasteiger partial charge in [0.25, 0.3) is 0 Å². The van der Waals surface area contributed by atoms with Crippen molar-refractivity contribution in [2.75, 3.05) is 26.3 Å². The first-order valence-electron chi connectivity index (χ1n) is 7.67. The highest BCUT2D eigenvalue weighted by Crippen LogP contribution is 2.21. The Balaban J connectivity index is 2.70. The van der Waals surface area contributed by atoms with Gasteiger partial charge in [-0.25, -0.2) is 4.79 Å². The van der Waals surface area contributed by atoms with Gasteiger partial charge in [0.2, 0.25) is 0 Å². The van der Waals surface area contributed by atoms with E-state index in [1.165, 1.54) is 0 Å². The number of esters is 1. The normalized spacial score (nSPS) is 12.7. The largest absolute Gasteiger partial charge is 0.462 e. The van der Waals surface area contributed by atoms with Crippen LogP contribution in [0.2, 0.25) is 0 Å². The molecule has 0 bridgehead atoms. The molecule has 0 spiro atoms. The van der Waals surface area contributed by atoms with Gasteiger partial charge < -0.3 is 9.47 Å². The first-order chi connectivity index (χ1) is 10.1. The molecule has 0 N–H and O–H groups in total. The van der Waals surface area contributed by atoms with Crippen molar-refractivity contribution in [2.45, 2.75) is 39.8 Å². The predicted octanol–water partition coefficient (Wildman–Crippen LogP) is 3.04. The third-order valence-corrected chi connectivity index (χ3v) is 3.29. The van der Waals surface area contributed by atoms with E-state index in [9.17, 15) is 4.79 Å². The predicted molar refractivity (Wildman–Crippen MR) is 84.2 cm³/mol. The van der Waals surface area contributed by atoms with Crippen molar-refractivity contribution in [3.8, 4) is 0 Å². The van der Waals surface area contributed by atoms with Crippen LogP contribution >= 0.6 is 0 Å². The number of benzene rings is 1. The molecule has 21 heavy (non-hydrogen) atoms. The molecule has 0 aliphatic rings. The summed E-state index contributed by atoms with van der Waals surface area (Å²) < 4.78 is 10.8. The molecule has 0 amide bonds. The fourth-order valence-corrected chi connectivity index (χ4v) is 2.23. The molecule has 0 unspecified atom stereocenters. The number of carbonyl (C=O) groups excluding carboxylic acids is 1. The maximum atomic E-state index is 12.4. The second-order valence-electron chi connectivity index (χ2n) is 5.12. The van der Waals surface area contributed by atoms with Gasteiger partial charge in [0, 0.05) is 0 Å². The molecule has 4 nitrogen and oxygen atoms in total. The van der Waals surface area contributed by atoms with Gasteiger partial charge in [0.05, 0.1) is 12.7 Å². The fourth-order valence-electron chi connectivity index (χ4n) is 2.23. The van der Waals surface area contributed by atoms with Gasteiger partial charge >= 0.3 is 5.97 Å². The molecule has 4 heteroatoms. The lowest BCUT2D eigenvalue weighted by molar-refractivity contribution is -0.152. The molecule has 1 rings (SSSR count). The number of hydrogen-bond acceptors (Lipinski definition) is 4. The molecule has 118 valence electrons. The molecular formula is C17H27NO3. The van der Waals surface area contributed by atoms with Crippen LogP contribution in [0.3, 0.4) is 0 Å². The molecular weight excluding hydrogens is 266 g/mol. The van der Waals surface area contributed by atoms with Gasteiger partial charge in [-0.2, -0.15) is 0 Å². The number of likely N-dealkylation sites (N-methyl/N-ethyl adjacent to an activating group) is 1. The van der Waals surface area contributed by atoms with Crippen LogP contribution in [0.5, 0.6) is 0 Å². The molecule has 0 saturated carbocycles. The zero-order valence-electron chi connectivity index (χ0n) is 13.5. The van der Waals surface area contributed by atoms with Crippen molar-refractivity contribution < 1.29 is 14.3 Å². The Morgan fingerprint density at radius 2 is 1.71 bits per heavy atom. The molecule has 1 aromatic carbocycles. The Kier molecular flexibility index (Phi) is 8.01. The summed E-state index contributed by atoms with van der Waals surface area (Å²) in [7, 11) is 0. The maximum absolute atomic E-state index is 12.4. The van der Waals surface area contributed by atoms with Crippen LogP contribution in [0, 0.1) is 0 Å². The molecule has 0 aliphatic heterocycles. The van der Waals surface area contributed by atoms with Crippen LogP contribution in [0.1, 0.15) is 39.3 Å². The average molecular weight is 293 g/mol. The highest BCUT2D eigenvalue weighted by Gasteiger charge is 2.27. The zero-order chi connectivity index (χ0) is 15.7. The minimum absolute atomic E-state index is 0.149. The van der Waals surface area contributed by atoms with E-state index >= 15 is 0 Å². The number of ether oxygens (including phenoxy) is 2. The van der Waals surface area contributed by atoms with Gasteiger partial charge in [-0.15, -0.1) is 0 Å². The lowest BCUT2D eigenvalue weighted by Gasteiger charge is -2.28. The SMILES string of the molecule is CCN(CC)[C@@H](C(=O)OCCOC(C)C)c1ccccc1. The van der Waals surface area contributed by atoms with Gasteiger partial charge in [-0.05, 0) is 32.5 Å². The molecule has 1 aromatic rings. The molecule has 0 aromatic heterocycles. The smallest absolute Gasteiger partial charge is 0.328 e. The summed E-state index contributed by atoms with van der Waals surface area (Å²) in [4.78, 5) is 14.5. The molecule has 1 atom stereocenters. The van der Waals surface area contributed by atoms with E-state index in [4.69, 9.17) is 9.47 Å². The van der Waals surface area contributed by atoms with E-state index in [1.54, 1.807) is 0 Å². The van der Waals surface area contributed by atoms with Crippen LogP contribution in [-0.2, 0) is 14.3 Å². The highest BCUT2D eigenvalue weighted by molar-refractivity contribution is 5.77. The highest BCUT2D eigenvalue weighted by atomic mass is 16.6. The first-order valence-corrected chi connectivity index (χ1v) is 7.67. The van der Waals surface area contributed by atoms with Crippen molar-refractivity contribution in [2.24, 2.45) is 0 Å². The monoisotopic (exact) mass is 293 g/mol. The molecule has 0 saturated heterocycles. The molecule has 0 heterocycles. The third kappa shape index (κ3) is 5.86. The van der Waals surface area contributed by atoms with Crippen LogP contribution in [0.4, 0.5) is 0 Å². The van der Waals surface area contributed by atoms with Crippen molar-refractivity contribution >= 4 is 5.97 Å². The third-order valence-electron chi connectivity index (χ3n) is 3.29. The number of carbonyl (C=O) groups is 1. The summed E-state index contributed by atoms with van der Waals surface area (Å²) in [6.07, 6.45) is 0.149. The average Bonchev–Trinajstić information content (AvgIpc) is 2.49. The topological polar surface area (TPSA) is 38.8 Å². The summed E-state index contributed by atoms with van der Waals surface area (Å²) in [6, 6.07) is 9.43. The van der Waals surface area contributed by atoms with Crippen molar-refractivity contribution in [3.05, 3.63) is 35.9 Å². The zero-order valence-corrected chi connectivity index (χ0v) is 13.5. The van der Waals surface area contributed by atoms with Crippen molar-refractivity contribution in [3.63, 3.8) is 0 Å². The van der Waals surface area contributed by atoms with E-state index in [0.717, 1.165) is 18.7 Å². The Labute approximate surface area is 128 Å². The van der Waals surface area contributed by atoms with Crippen LogP contribution in [0.15, 0.2) is 30.3 Å². The van der Waals surface area contributed by atoms with E-state index in [0.29, 0.717) is 13.2 Å².